The molecule has 0 saturated carbocycles. The maximum Gasteiger partial charge on any atom is 0.422 e. The zero-order chi connectivity index (χ0) is 29.2. The zero-order valence-corrected chi connectivity index (χ0v) is 23.0. The van der Waals surface area contributed by atoms with Gasteiger partial charge in [0.1, 0.15) is 28.5 Å². The highest BCUT2D eigenvalue weighted by molar-refractivity contribution is 7.91. The Labute approximate surface area is 229 Å². The van der Waals surface area contributed by atoms with Crippen LogP contribution in [0.2, 0.25) is 0 Å². The number of hydrogen-bond acceptors (Lipinski definition) is 10. The van der Waals surface area contributed by atoms with Gasteiger partial charge >= 0.3 is 16.3 Å². The van der Waals surface area contributed by atoms with Crippen molar-refractivity contribution in [3.05, 3.63) is 65.1 Å². The van der Waals surface area contributed by atoms with E-state index in [9.17, 15) is 31.5 Å². The van der Waals surface area contributed by atoms with Crippen molar-refractivity contribution in [1.82, 2.24) is 14.3 Å². The highest BCUT2D eigenvalue weighted by atomic mass is 32.2. The summed E-state index contributed by atoms with van der Waals surface area (Å²) in [5, 5.41) is 14.0. The molecule has 40 heavy (non-hydrogen) atoms. The Morgan fingerprint density at radius 1 is 1.30 bits per heavy atom. The molecule has 0 aliphatic carbocycles. The van der Waals surface area contributed by atoms with E-state index < -0.39 is 48.4 Å². The van der Waals surface area contributed by atoms with Gasteiger partial charge in [-0.05, 0) is 42.7 Å². The van der Waals surface area contributed by atoms with Crippen LogP contribution in [0.5, 0.6) is 5.75 Å². The molecule has 212 valence electrons. The summed E-state index contributed by atoms with van der Waals surface area (Å²) in [6.45, 7) is 7.35. The van der Waals surface area contributed by atoms with Gasteiger partial charge in [-0.2, -0.15) is 16.8 Å². The Morgan fingerprint density at radius 3 is 2.75 bits per heavy atom. The molecule has 0 saturated heterocycles. The molecule has 0 unspecified atom stereocenters. The van der Waals surface area contributed by atoms with Gasteiger partial charge in [0.15, 0.2) is 5.84 Å². The Bertz CT molecular complexity index is 1810. The maximum absolute atomic E-state index is 13.5. The minimum Gasteiger partial charge on any atom is -0.506 e. The fraction of sp³-hybridized carbons (Fsp3) is 0.250. The quantitative estimate of drug-likeness (QED) is 0.268. The number of amidine groups is 1. The standard InChI is InChI=1S/C24H26N6O8S2/c1-4-12-38-24(33)29-40(36,37)27-15-7-8-17-18(13-15)39(34,35)28-21(26-17)19-20(31)16-6-5-10-25-22(16)30(23(19)32)11-9-14(2)3/h4-8,10,13-14,27,31H,1,9,11-12H2,2-3H3,(H,26,28)(H,29,33). The number of hydrogen-bond donors (Lipinski definition) is 4. The summed E-state index contributed by atoms with van der Waals surface area (Å²) in [5.41, 5.74) is -1.03. The molecule has 3 heterocycles. The number of fused-ring (bicyclic) bond motifs is 2. The van der Waals surface area contributed by atoms with E-state index in [-0.39, 0.29) is 47.0 Å². The number of rotatable bonds is 9. The number of aryl methyl sites for hydroxylation is 1. The summed E-state index contributed by atoms with van der Waals surface area (Å²) in [4.78, 5) is 28.9. The van der Waals surface area contributed by atoms with E-state index in [4.69, 9.17) is 0 Å². The maximum atomic E-state index is 13.5. The number of benzene rings is 1. The molecule has 1 amide bonds. The van der Waals surface area contributed by atoms with E-state index in [0.717, 1.165) is 6.07 Å². The van der Waals surface area contributed by atoms with E-state index in [2.05, 4.69) is 26.0 Å². The average Bonchev–Trinajstić information content (AvgIpc) is 2.87. The monoisotopic (exact) mass is 590 g/mol. The van der Waals surface area contributed by atoms with Crippen molar-refractivity contribution in [2.24, 2.45) is 10.3 Å². The van der Waals surface area contributed by atoms with Crippen LogP contribution >= 0.6 is 0 Å². The fourth-order valence-corrected chi connectivity index (χ4v) is 5.77. The van der Waals surface area contributed by atoms with E-state index in [0.29, 0.717) is 6.42 Å². The summed E-state index contributed by atoms with van der Waals surface area (Å²) in [6, 6.07) is 6.58. The molecule has 2 aromatic heterocycles. The largest absolute Gasteiger partial charge is 0.506 e. The molecule has 14 nitrogen and oxygen atoms in total. The van der Waals surface area contributed by atoms with Gasteiger partial charge in [0.25, 0.3) is 15.6 Å². The number of nitrogens with zero attached hydrogens (tertiary/aromatic N) is 3. The lowest BCUT2D eigenvalue weighted by Gasteiger charge is -2.21. The Morgan fingerprint density at radius 2 is 2.05 bits per heavy atom. The minimum atomic E-state index is -4.49. The number of aromatic nitrogens is 2. The van der Waals surface area contributed by atoms with Gasteiger partial charge in [0.05, 0.1) is 16.8 Å². The van der Waals surface area contributed by atoms with Crippen LogP contribution in [0.4, 0.5) is 16.2 Å². The molecule has 0 atom stereocenters. The molecule has 0 spiro atoms. The van der Waals surface area contributed by atoms with Gasteiger partial charge in [-0.1, -0.05) is 26.5 Å². The third-order valence-corrected chi connectivity index (χ3v) is 7.94. The van der Waals surface area contributed by atoms with Crippen molar-refractivity contribution in [2.75, 3.05) is 16.6 Å². The number of sulfonamides is 1. The van der Waals surface area contributed by atoms with Crippen molar-refractivity contribution in [2.45, 2.75) is 31.7 Å². The molecule has 4 N–H and O–H groups in total. The predicted octanol–water partition coefficient (Wildman–Crippen LogP) is 2.28. The fourth-order valence-electron chi connectivity index (χ4n) is 3.86. The zero-order valence-electron chi connectivity index (χ0n) is 21.4. The molecule has 0 fully saturated rings. The van der Waals surface area contributed by atoms with Crippen molar-refractivity contribution in [1.29, 1.82) is 0 Å². The van der Waals surface area contributed by atoms with Gasteiger partial charge in [-0.15, -0.1) is 4.40 Å². The number of anilines is 2. The van der Waals surface area contributed by atoms with Crippen molar-refractivity contribution in [3.8, 4) is 5.75 Å². The number of nitrogens with one attached hydrogen (secondary N) is 3. The van der Waals surface area contributed by atoms with Crippen LogP contribution in [-0.2, 0) is 31.5 Å². The molecule has 1 aromatic carbocycles. The second kappa shape index (κ2) is 11.0. The molecule has 1 aliphatic heterocycles. The van der Waals surface area contributed by atoms with Gasteiger partial charge in [0.2, 0.25) is 0 Å². The SMILES string of the molecule is C=CCOC(=O)NS(=O)(=O)Nc1ccc2c(c1)S(=O)(=O)N=C(c1c(O)c3cccnc3n(CCC(C)C)c1=O)N2. The summed E-state index contributed by atoms with van der Waals surface area (Å²) in [7, 11) is -8.96. The van der Waals surface area contributed by atoms with Crippen molar-refractivity contribution < 1.29 is 31.5 Å². The molecule has 1 aliphatic rings. The highest BCUT2D eigenvalue weighted by Gasteiger charge is 2.31. The normalized spacial score (nSPS) is 14.1. The van der Waals surface area contributed by atoms with Crippen LogP contribution in [0, 0.1) is 5.92 Å². The van der Waals surface area contributed by atoms with Gasteiger partial charge in [0, 0.05) is 12.7 Å². The summed E-state index contributed by atoms with van der Waals surface area (Å²) in [5.74, 6) is -0.642. The Balaban J connectivity index is 1.73. The van der Waals surface area contributed by atoms with E-state index in [1.165, 1.54) is 29.0 Å². The second-order valence-electron chi connectivity index (χ2n) is 9.08. The minimum absolute atomic E-state index is 0.0230. The lowest BCUT2D eigenvalue weighted by atomic mass is 10.1. The summed E-state index contributed by atoms with van der Waals surface area (Å²) >= 11 is 0. The third-order valence-electron chi connectivity index (χ3n) is 5.69. The molecule has 16 heteroatoms. The molecule has 3 aromatic rings. The van der Waals surface area contributed by atoms with E-state index >= 15 is 0 Å². The molecule has 0 radical (unpaired) electrons. The smallest absolute Gasteiger partial charge is 0.422 e. The van der Waals surface area contributed by atoms with Crippen LogP contribution in [-0.4, -0.2) is 50.0 Å². The van der Waals surface area contributed by atoms with Crippen LogP contribution < -0.4 is 20.3 Å². The highest BCUT2D eigenvalue weighted by Crippen LogP contribution is 2.33. The van der Waals surface area contributed by atoms with Crippen LogP contribution in [0.15, 0.2) is 63.3 Å². The molecular formula is C24H26N6O8S2. The van der Waals surface area contributed by atoms with Crippen LogP contribution in [0.25, 0.3) is 11.0 Å². The summed E-state index contributed by atoms with van der Waals surface area (Å²) < 4.78 is 64.0. The number of aromatic hydroxyl groups is 1. The van der Waals surface area contributed by atoms with Crippen molar-refractivity contribution >= 4 is 54.6 Å². The first-order valence-corrected chi connectivity index (χ1v) is 14.8. The van der Waals surface area contributed by atoms with Crippen LogP contribution in [0.1, 0.15) is 25.8 Å². The first kappa shape index (κ1) is 28.6. The second-order valence-corrected chi connectivity index (χ2v) is 12.1. The lowest BCUT2D eigenvalue weighted by molar-refractivity contribution is 0.165. The third kappa shape index (κ3) is 5.91. The van der Waals surface area contributed by atoms with Gasteiger partial charge in [-0.25, -0.2) is 14.5 Å². The van der Waals surface area contributed by atoms with Crippen molar-refractivity contribution in [3.63, 3.8) is 0 Å². The Kier molecular flexibility index (Phi) is 7.84. The number of carbonyl (C=O) groups excluding carboxylic acids is 1. The topological polar surface area (TPSA) is 198 Å². The predicted molar refractivity (Wildman–Crippen MR) is 148 cm³/mol. The summed E-state index contributed by atoms with van der Waals surface area (Å²) in [6.07, 6.45) is 2.08. The number of amides is 1. The average molecular weight is 591 g/mol. The molecule has 0 bridgehead atoms. The van der Waals surface area contributed by atoms with Gasteiger partial charge < -0.3 is 15.2 Å². The first-order valence-electron chi connectivity index (χ1n) is 11.9. The lowest BCUT2D eigenvalue weighted by Crippen LogP contribution is -2.36. The number of pyridine rings is 2. The Hall–Kier alpha value is -4.44. The number of ether oxygens (including phenoxy) is 1. The van der Waals surface area contributed by atoms with Gasteiger partial charge in [-0.3, -0.25) is 14.1 Å². The van der Waals surface area contributed by atoms with E-state index in [1.807, 2.05) is 18.6 Å². The molecular weight excluding hydrogens is 564 g/mol. The van der Waals surface area contributed by atoms with Crippen LogP contribution in [0.3, 0.4) is 0 Å². The number of carbonyl (C=O) groups is 1. The molecule has 4 rings (SSSR count). The first-order chi connectivity index (χ1) is 18.8. The van der Waals surface area contributed by atoms with E-state index in [1.54, 1.807) is 16.9 Å².